The van der Waals surface area contributed by atoms with Crippen molar-refractivity contribution in [3.63, 3.8) is 0 Å². The first kappa shape index (κ1) is 9.19. The molecule has 1 aromatic heterocycles. The molecule has 1 N–H and O–H groups in total. The Hall–Kier alpha value is -1.38. The zero-order valence-electron chi connectivity index (χ0n) is 8.72. The molecule has 1 aromatic rings. The van der Waals surface area contributed by atoms with Crippen LogP contribution in [0.25, 0.3) is 5.57 Å². The summed E-state index contributed by atoms with van der Waals surface area (Å²) in [6.07, 6.45) is 1.69. The fraction of sp³-hybridized carbons (Fsp3) is 0.455. The SMILES string of the molecule is CC(C)(C)C1=c2cc[nH]c(=O)c2=NC1. The van der Waals surface area contributed by atoms with Gasteiger partial charge >= 0.3 is 0 Å². The smallest absolute Gasteiger partial charge is 0.273 e. The number of fused-ring (bicyclic) bond motifs is 1. The van der Waals surface area contributed by atoms with Crippen molar-refractivity contribution in [2.75, 3.05) is 6.54 Å². The third-order valence-corrected chi connectivity index (χ3v) is 2.56. The number of H-pyrrole nitrogens is 1. The first-order valence-corrected chi connectivity index (χ1v) is 4.76. The maximum atomic E-state index is 11.4. The van der Waals surface area contributed by atoms with E-state index in [4.69, 9.17) is 0 Å². The van der Waals surface area contributed by atoms with Gasteiger partial charge < -0.3 is 4.98 Å². The number of aromatic nitrogens is 1. The number of nitrogens with one attached hydrogen (secondary N) is 1. The molecule has 0 amide bonds. The fourth-order valence-electron chi connectivity index (χ4n) is 1.76. The van der Waals surface area contributed by atoms with Crippen molar-refractivity contribution < 1.29 is 0 Å². The summed E-state index contributed by atoms with van der Waals surface area (Å²) in [6, 6.07) is 1.94. The van der Waals surface area contributed by atoms with Crippen molar-refractivity contribution in [3.05, 3.63) is 33.2 Å². The van der Waals surface area contributed by atoms with Crippen LogP contribution in [0.3, 0.4) is 0 Å². The molecule has 0 aromatic carbocycles. The molecule has 14 heavy (non-hydrogen) atoms. The molecule has 0 spiro atoms. The van der Waals surface area contributed by atoms with E-state index in [1.165, 1.54) is 5.57 Å². The van der Waals surface area contributed by atoms with Crippen LogP contribution in [-0.2, 0) is 0 Å². The lowest BCUT2D eigenvalue weighted by molar-refractivity contribution is 0.555. The topological polar surface area (TPSA) is 45.2 Å². The molecule has 0 saturated carbocycles. The lowest BCUT2D eigenvalue weighted by atomic mass is 9.86. The van der Waals surface area contributed by atoms with E-state index < -0.39 is 0 Å². The van der Waals surface area contributed by atoms with Gasteiger partial charge in [-0.1, -0.05) is 20.8 Å². The molecule has 0 fully saturated rings. The van der Waals surface area contributed by atoms with Crippen molar-refractivity contribution in [2.24, 2.45) is 10.4 Å². The average Bonchev–Trinajstić information content (AvgIpc) is 2.47. The number of rotatable bonds is 0. The van der Waals surface area contributed by atoms with Crippen LogP contribution < -0.4 is 16.1 Å². The standard InChI is InChI=1S/C11H14N2O/c1-11(2,3)8-6-13-9-7(8)4-5-12-10(9)14/h4-5H,6H2,1-3H3,(H,12,14). The van der Waals surface area contributed by atoms with Crippen LogP contribution in [0.1, 0.15) is 20.8 Å². The highest BCUT2D eigenvalue weighted by molar-refractivity contribution is 5.53. The van der Waals surface area contributed by atoms with Gasteiger partial charge in [0.05, 0.1) is 6.54 Å². The minimum Gasteiger partial charge on any atom is -0.327 e. The molecular formula is C11H14N2O. The molecule has 3 nitrogen and oxygen atoms in total. The number of pyridine rings is 1. The van der Waals surface area contributed by atoms with Gasteiger partial charge in [-0.05, 0) is 17.1 Å². The second-order valence-corrected chi connectivity index (χ2v) is 4.61. The molecule has 1 aliphatic heterocycles. The van der Waals surface area contributed by atoms with Gasteiger partial charge in [-0.3, -0.25) is 9.79 Å². The van der Waals surface area contributed by atoms with Crippen molar-refractivity contribution in [1.82, 2.24) is 4.98 Å². The lowest BCUT2D eigenvalue weighted by Crippen LogP contribution is -2.39. The third-order valence-electron chi connectivity index (χ3n) is 2.56. The van der Waals surface area contributed by atoms with Gasteiger partial charge in [0.1, 0.15) is 5.36 Å². The molecule has 74 valence electrons. The molecule has 0 atom stereocenters. The second-order valence-electron chi connectivity index (χ2n) is 4.61. The summed E-state index contributed by atoms with van der Waals surface area (Å²) in [5.74, 6) is 0. The zero-order valence-corrected chi connectivity index (χ0v) is 8.72. The van der Waals surface area contributed by atoms with E-state index in [1.807, 2.05) is 6.07 Å². The van der Waals surface area contributed by atoms with Gasteiger partial charge in [0.25, 0.3) is 5.56 Å². The van der Waals surface area contributed by atoms with Crippen LogP contribution in [0, 0.1) is 5.41 Å². The maximum absolute atomic E-state index is 11.4. The van der Waals surface area contributed by atoms with Crippen LogP contribution in [0.5, 0.6) is 0 Å². The maximum Gasteiger partial charge on any atom is 0.273 e. The first-order chi connectivity index (χ1) is 6.50. The Labute approximate surface area is 82.2 Å². The average molecular weight is 190 g/mol. The van der Waals surface area contributed by atoms with E-state index in [1.54, 1.807) is 6.20 Å². The van der Waals surface area contributed by atoms with Gasteiger partial charge in [-0.25, -0.2) is 0 Å². The monoisotopic (exact) mass is 190 g/mol. The van der Waals surface area contributed by atoms with Crippen LogP contribution in [0.4, 0.5) is 0 Å². The minimum absolute atomic E-state index is 0.0817. The van der Waals surface area contributed by atoms with Gasteiger partial charge in [-0.2, -0.15) is 0 Å². The quantitative estimate of drug-likeness (QED) is 0.624. The van der Waals surface area contributed by atoms with E-state index >= 15 is 0 Å². The van der Waals surface area contributed by atoms with Gasteiger partial charge in [0, 0.05) is 11.4 Å². The van der Waals surface area contributed by atoms with Crippen molar-refractivity contribution >= 4 is 5.57 Å². The molecule has 0 radical (unpaired) electrons. The Morgan fingerprint density at radius 3 is 2.79 bits per heavy atom. The summed E-state index contributed by atoms with van der Waals surface area (Å²) in [5, 5.41) is 1.61. The highest BCUT2D eigenvalue weighted by atomic mass is 16.1. The zero-order chi connectivity index (χ0) is 10.3. The molecule has 1 aliphatic rings. The van der Waals surface area contributed by atoms with Crippen LogP contribution >= 0.6 is 0 Å². The van der Waals surface area contributed by atoms with Gasteiger partial charge in [0.15, 0.2) is 0 Å². The van der Waals surface area contributed by atoms with E-state index in [0.717, 1.165) is 5.22 Å². The summed E-state index contributed by atoms with van der Waals surface area (Å²) in [4.78, 5) is 18.3. The van der Waals surface area contributed by atoms with Crippen LogP contribution in [0.15, 0.2) is 22.1 Å². The highest BCUT2D eigenvalue weighted by Gasteiger charge is 2.21. The predicted molar refractivity (Wildman–Crippen MR) is 55.6 cm³/mol. The Kier molecular flexibility index (Phi) is 1.84. The molecule has 0 saturated heterocycles. The molecule has 0 aliphatic carbocycles. The molecule has 2 heterocycles. The number of hydrogen-bond acceptors (Lipinski definition) is 2. The van der Waals surface area contributed by atoms with E-state index in [2.05, 4.69) is 30.7 Å². The van der Waals surface area contributed by atoms with E-state index in [-0.39, 0.29) is 11.0 Å². The Morgan fingerprint density at radius 2 is 2.14 bits per heavy atom. The van der Waals surface area contributed by atoms with Crippen molar-refractivity contribution in [3.8, 4) is 0 Å². The molecule has 0 bridgehead atoms. The van der Waals surface area contributed by atoms with E-state index in [9.17, 15) is 4.79 Å². The molecule has 3 heteroatoms. The predicted octanol–water partition coefficient (Wildman–Crippen LogP) is 0.205. The summed E-state index contributed by atoms with van der Waals surface area (Å²) in [6.45, 7) is 7.10. The highest BCUT2D eigenvalue weighted by Crippen LogP contribution is 2.25. The summed E-state index contributed by atoms with van der Waals surface area (Å²) >= 11 is 0. The minimum atomic E-state index is -0.0817. The normalized spacial score (nSPS) is 15.2. The summed E-state index contributed by atoms with van der Waals surface area (Å²) in [5.41, 5.74) is 1.25. The number of nitrogens with zero attached hydrogens (tertiary/aromatic N) is 1. The largest absolute Gasteiger partial charge is 0.327 e. The summed E-state index contributed by atoms with van der Waals surface area (Å²) < 4.78 is 0. The fourth-order valence-corrected chi connectivity index (χ4v) is 1.76. The van der Waals surface area contributed by atoms with Gasteiger partial charge in [-0.15, -0.1) is 0 Å². The van der Waals surface area contributed by atoms with E-state index in [0.29, 0.717) is 11.9 Å². The number of aromatic amines is 1. The lowest BCUT2D eigenvalue weighted by Gasteiger charge is -2.19. The van der Waals surface area contributed by atoms with Gasteiger partial charge in [0.2, 0.25) is 0 Å². The Balaban J connectivity index is 2.87. The van der Waals surface area contributed by atoms with Crippen molar-refractivity contribution in [1.29, 1.82) is 0 Å². The Morgan fingerprint density at radius 1 is 1.43 bits per heavy atom. The molecular weight excluding hydrogens is 176 g/mol. The number of hydrogen-bond donors (Lipinski definition) is 1. The Bertz CT molecular complexity index is 532. The first-order valence-electron chi connectivity index (χ1n) is 4.76. The van der Waals surface area contributed by atoms with Crippen molar-refractivity contribution in [2.45, 2.75) is 20.8 Å². The molecule has 2 rings (SSSR count). The second kappa shape index (κ2) is 2.80. The summed E-state index contributed by atoms with van der Waals surface area (Å²) in [7, 11) is 0. The van der Waals surface area contributed by atoms with Crippen LogP contribution in [0.2, 0.25) is 0 Å². The van der Waals surface area contributed by atoms with Crippen LogP contribution in [-0.4, -0.2) is 11.5 Å². The third kappa shape index (κ3) is 1.29. The molecule has 0 unspecified atom stereocenters.